The van der Waals surface area contributed by atoms with Crippen molar-refractivity contribution in [3.63, 3.8) is 0 Å². The van der Waals surface area contributed by atoms with Crippen LogP contribution in [0.1, 0.15) is 30.8 Å². The molecule has 2 N–H and O–H groups in total. The summed E-state index contributed by atoms with van der Waals surface area (Å²) in [6, 6.07) is 7.67. The highest BCUT2D eigenvalue weighted by Gasteiger charge is 2.13. The van der Waals surface area contributed by atoms with Crippen LogP contribution < -0.4 is 14.9 Å². The highest BCUT2D eigenvalue weighted by Crippen LogP contribution is 2.35. The Morgan fingerprint density at radius 1 is 1.10 bits per heavy atom. The molecule has 0 amide bonds. The summed E-state index contributed by atoms with van der Waals surface area (Å²) in [7, 11) is 0. The number of nitrogens with one attached hydrogen (secondary N) is 2. The van der Waals surface area contributed by atoms with E-state index in [4.69, 9.17) is 44.9 Å². The standard InChI is InChI=1S/C20H21Cl2FN4O2S/c1-3-19-25-26-20(30)27(19)24-10-13-7-17(28-4-2)18(9-16(13)22)29-11-12-5-6-14(23)8-15(12)21/h5-9,24H,3-4,10-11H2,1-2H3,(H,26,30). The summed E-state index contributed by atoms with van der Waals surface area (Å²) in [6.45, 7) is 4.88. The molecule has 0 aliphatic carbocycles. The zero-order chi connectivity index (χ0) is 21.7. The van der Waals surface area contributed by atoms with E-state index in [0.717, 1.165) is 17.8 Å². The Bertz CT molecular complexity index is 1090. The van der Waals surface area contributed by atoms with Crippen LogP contribution in [0.5, 0.6) is 11.5 Å². The summed E-state index contributed by atoms with van der Waals surface area (Å²) in [5.74, 6) is 1.41. The molecule has 0 atom stereocenters. The Labute approximate surface area is 188 Å². The Morgan fingerprint density at radius 2 is 1.83 bits per heavy atom. The van der Waals surface area contributed by atoms with Crippen molar-refractivity contribution >= 4 is 35.4 Å². The van der Waals surface area contributed by atoms with E-state index in [-0.39, 0.29) is 6.61 Å². The highest BCUT2D eigenvalue weighted by molar-refractivity contribution is 7.71. The molecule has 0 spiro atoms. The van der Waals surface area contributed by atoms with Gasteiger partial charge in [-0.2, -0.15) is 5.10 Å². The molecule has 0 unspecified atom stereocenters. The zero-order valence-electron chi connectivity index (χ0n) is 16.5. The molecule has 0 bridgehead atoms. The predicted molar refractivity (Wildman–Crippen MR) is 118 cm³/mol. The van der Waals surface area contributed by atoms with Gasteiger partial charge in [-0.25, -0.2) is 9.07 Å². The van der Waals surface area contributed by atoms with E-state index in [1.54, 1.807) is 16.8 Å². The van der Waals surface area contributed by atoms with Gasteiger partial charge in [0.25, 0.3) is 0 Å². The van der Waals surface area contributed by atoms with Crippen molar-refractivity contribution in [2.45, 2.75) is 33.4 Å². The smallest absolute Gasteiger partial charge is 0.214 e. The number of aromatic nitrogens is 3. The summed E-state index contributed by atoms with van der Waals surface area (Å²) in [6.07, 6.45) is 0.719. The number of H-pyrrole nitrogens is 1. The molecule has 3 rings (SSSR count). The molecule has 2 aromatic carbocycles. The van der Waals surface area contributed by atoms with Crippen molar-refractivity contribution in [1.29, 1.82) is 0 Å². The average molecular weight is 471 g/mol. The van der Waals surface area contributed by atoms with Crippen molar-refractivity contribution in [3.05, 3.63) is 67.9 Å². The molecule has 30 heavy (non-hydrogen) atoms. The first kappa shape index (κ1) is 22.4. The third-order valence-corrected chi connectivity index (χ3v) is 5.27. The van der Waals surface area contributed by atoms with Crippen LogP contribution >= 0.6 is 35.4 Å². The van der Waals surface area contributed by atoms with Gasteiger partial charge in [0, 0.05) is 23.1 Å². The van der Waals surface area contributed by atoms with Gasteiger partial charge in [0.05, 0.1) is 18.2 Å². The second kappa shape index (κ2) is 10.1. The average Bonchev–Trinajstić information content (AvgIpc) is 3.07. The largest absolute Gasteiger partial charge is 0.490 e. The van der Waals surface area contributed by atoms with Crippen LogP contribution in [0, 0.1) is 10.6 Å². The number of hydrogen-bond donors (Lipinski definition) is 2. The number of rotatable bonds is 9. The number of halogens is 3. The second-order valence-electron chi connectivity index (χ2n) is 6.32. The molecule has 0 fully saturated rings. The van der Waals surface area contributed by atoms with E-state index in [1.807, 2.05) is 19.9 Å². The molecule has 160 valence electrons. The minimum atomic E-state index is -0.400. The summed E-state index contributed by atoms with van der Waals surface area (Å²) in [5, 5.41) is 7.72. The SMILES string of the molecule is CCOc1cc(CNn2c(CC)n[nH]c2=S)c(Cl)cc1OCc1ccc(F)cc1Cl. The summed E-state index contributed by atoms with van der Waals surface area (Å²) in [5.41, 5.74) is 4.67. The van der Waals surface area contributed by atoms with Crippen molar-refractivity contribution in [3.8, 4) is 11.5 Å². The number of aryl methyl sites for hydroxylation is 1. The third-order valence-electron chi connectivity index (χ3n) is 4.30. The fourth-order valence-electron chi connectivity index (χ4n) is 2.78. The Balaban J connectivity index is 1.79. The Hall–Kier alpha value is -2.29. The normalized spacial score (nSPS) is 10.8. The molecule has 0 aliphatic heterocycles. The van der Waals surface area contributed by atoms with E-state index >= 15 is 0 Å². The first-order valence-corrected chi connectivity index (χ1v) is 10.5. The molecular formula is C20H21Cl2FN4O2S. The number of ether oxygens (including phenoxy) is 2. The van der Waals surface area contributed by atoms with Crippen LogP contribution in [0.25, 0.3) is 0 Å². The molecule has 0 saturated heterocycles. The van der Waals surface area contributed by atoms with Crippen LogP contribution in [0.4, 0.5) is 4.39 Å². The van der Waals surface area contributed by atoms with Gasteiger partial charge < -0.3 is 14.9 Å². The van der Waals surface area contributed by atoms with Gasteiger partial charge in [0.15, 0.2) is 17.3 Å². The van der Waals surface area contributed by atoms with Crippen molar-refractivity contribution < 1.29 is 13.9 Å². The van der Waals surface area contributed by atoms with E-state index < -0.39 is 5.82 Å². The van der Waals surface area contributed by atoms with Crippen molar-refractivity contribution in [2.75, 3.05) is 12.0 Å². The molecule has 0 aliphatic rings. The quantitative estimate of drug-likeness (QED) is 0.394. The maximum atomic E-state index is 13.2. The zero-order valence-corrected chi connectivity index (χ0v) is 18.8. The van der Waals surface area contributed by atoms with Gasteiger partial charge in [-0.05, 0) is 42.9 Å². The van der Waals surface area contributed by atoms with Gasteiger partial charge in [0.1, 0.15) is 12.4 Å². The molecular weight excluding hydrogens is 450 g/mol. The number of benzene rings is 2. The van der Waals surface area contributed by atoms with E-state index in [0.29, 0.717) is 45.0 Å². The lowest BCUT2D eigenvalue weighted by molar-refractivity contribution is 0.269. The molecule has 10 heteroatoms. The third kappa shape index (κ3) is 5.24. The maximum Gasteiger partial charge on any atom is 0.214 e. The number of nitrogens with zero attached hydrogens (tertiary/aromatic N) is 2. The molecule has 0 saturated carbocycles. The Morgan fingerprint density at radius 3 is 2.53 bits per heavy atom. The van der Waals surface area contributed by atoms with Gasteiger partial charge in [-0.1, -0.05) is 36.2 Å². The fourth-order valence-corrected chi connectivity index (χ4v) is 3.44. The number of aromatic amines is 1. The van der Waals surface area contributed by atoms with Gasteiger partial charge >= 0.3 is 0 Å². The minimum absolute atomic E-state index is 0.150. The van der Waals surface area contributed by atoms with E-state index in [2.05, 4.69) is 15.6 Å². The summed E-state index contributed by atoms with van der Waals surface area (Å²) in [4.78, 5) is 0. The van der Waals surface area contributed by atoms with E-state index in [9.17, 15) is 4.39 Å². The van der Waals surface area contributed by atoms with Gasteiger partial charge in [0.2, 0.25) is 4.77 Å². The van der Waals surface area contributed by atoms with Crippen LogP contribution in [0.3, 0.4) is 0 Å². The monoisotopic (exact) mass is 470 g/mol. The fraction of sp³-hybridized carbons (Fsp3) is 0.300. The maximum absolute atomic E-state index is 13.2. The van der Waals surface area contributed by atoms with Crippen molar-refractivity contribution in [1.82, 2.24) is 14.9 Å². The topological polar surface area (TPSA) is 64.1 Å². The lowest BCUT2D eigenvalue weighted by atomic mass is 10.2. The molecule has 1 aromatic heterocycles. The first-order valence-electron chi connectivity index (χ1n) is 9.35. The minimum Gasteiger partial charge on any atom is -0.490 e. The Kier molecular flexibility index (Phi) is 7.58. The molecule has 6 nitrogen and oxygen atoms in total. The summed E-state index contributed by atoms with van der Waals surface area (Å²) < 4.78 is 27.0. The molecule has 0 radical (unpaired) electrons. The molecule has 1 heterocycles. The van der Waals surface area contributed by atoms with E-state index in [1.165, 1.54) is 12.1 Å². The predicted octanol–water partition coefficient (Wildman–Crippen LogP) is 5.67. The lowest BCUT2D eigenvalue weighted by Gasteiger charge is -2.16. The van der Waals surface area contributed by atoms with Crippen LogP contribution in [-0.4, -0.2) is 21.5 Å². The molecule has 3 aromatic rings. The highest BCUT2D eigenvalue weighted by atomic mass is 35.5. The van der Waals surface area contributed by atoms with Gasteiger partial charge in [-0.15, -0.1) is 0 Å². The van der Waals surface area contributed by atoms with Crippen LogP contribution in [0.15, 0.2) is 30.3 Å². The van der Waals surface area contributed by atoms with Crippen LogP contribution in [-0.2, 0) is 19.6 Å². The van der Waals surface area contributed by atoms with Crippen LogP contribution in [0.2, 0.25) is 10.0 Å². The second-order valence-corrected chi connectivity index (χ2v) is 7.52. The van der Waals surface area contributed by atoms with Crippen molar-refractivity contribution in [2.24, 2.45) is 0 Å². The number of hydrogen-bond acceptors (Lipinski definition) is 5. The lowest BCUT2D eigenvalue weighted by Crippen LogP contribution is -2.17. The first-order chi connectivity index (χ1) is 14.4. The van der Waals surface area contributed by atoms with Gasteiger partial charge in [-0.3, -0.25) is 5.10 Å². The summed E-state index contributed by atoms with van der Waals surface area (Å²) >= 11 is 17.8.